The topological polar surface area (TPSA) is 46.8 Å². The Bertz CT molecular complexity index is 1100. The molecule has 4 aromatic rings. The summed E-state index contributed by atoms with van der Waals surface area (Å²) in [5.74, 6) is 0.940. The second kappa shape index (κ2) is 8.49. The van der Waals surface area contributed by atoms with Crippen molar-refractivity contribution in [3.05, 3.63) is 77.4 Å². The first-order valence-electron chi connectivity index (χ1n) is 9.60. The van der Waals surface area contributed by atoms with E-state index in [4.69, 9.17) is 9.72 Å². The molecule has 1 amide bonds. The maximum Gasteiger partial charge on any atom is 0.228 e. The Kier molecular flexibility index (Phi) is 5.62. The van der Waals surface area contributed by atoms with Gasteiger partial charge in [-0.1, -0.05) is 30.3 Å². The Labute approximate surface area is 174 Å². The van der Waals surface area contributed by atoms with Gasteiger partial charge in [0.15, 0.2) is 4.96 Å². The van der Waals surface area contributed by atoms with Gasteiger partial charge in [0.1, 0.15) is 5.75 Å². The van der Waals surface area contributed by atoms with E-state index in [2.05, 4.69) is 0 Å². The van der Waals surface area contributed by atoms with Gasteiger partial charge in [-0.2, -0.15) is 0 Å². The number of rotatable bonds is 7. The summed E-state index contributed by atoms with van der Waals surface area (Å²) in [6.45, 7) is 3.22. The molecule has 0 N–H and O–H groups in total. The van der Waals surface area contributed by atoms with E-state index < -0.39 is 0 Å². The van der Waals surface area contributed by atoms with Crippen molar-refractivity contribution in [2.24, 2.45) is 0 Å². The third-order valence-electron chi connectivity index (χ3n) is 4.77. The van der Waals surface area contributed by atoms with Gasteiger partial charge in [-0.05, 0) is 36.8 Å². The smallest absolute Gasteiger partial charge is 0.228 e. The van der Waals surface area contributed by atoms with Crippen LogP contribution in [0, 0.1) is 0 Å². The number of fused-ring (bicyclic) bond motifs is 1. The van der Waals surface area contributed by atoms with Gasteiger partial charge in [0.25, 0.3) is 0 Å². The third kappa shape index (κ3) is 4.32. The molecule has 0 aliphatic heterocycles. The van der Waals surface area contributed by atoms with Gasteiger partial charge in [0, 0.05) is 36.4 Å². The van der Waals surface area contributed by atoms with Crippen molar-refractivity contribution in [1.29, 1.82) is 0 Å². The molecule has 0 saturated carbocycles. The monoisotopic (exact) mass is 405 g/mol. The number of aromatic nitrogens is 2. The Balaban J connectivity index is 1.49. The minimum atomic E-state index is 0.0878. The Morgan fingerprint density at radius 1 is 1.14 bits per heavy atom. The lowest BCUT2D eigenvalue weighted by molar-refractivity contribution is -0.129. The average Bonchev–Trinajstić information content (AvgIpc) is 3.31. The zero-order valence-electron chi connectivity index (χ0n) is 16.5. The number of thiazole rings is 1. The largest absolute Gasteiger partial charge is 0.494 e. The van der Waals surface area contributed by atoms with Gasteiger partial charge >= 0.3 is 0 Å². The van der Waals surface area contributed by atoms with Gasteiger partial charge in [0.2, 0.25) is 5.91 Å². The van der Waals surface area contributed by atoms with E-state index in [0.29, 0.717) is 19.6 Å². The molecule has 0 aliphatic rings. The number of carbonyl (C=O) groups is 1. The molecule has 0 spiro atoms. The first kappa shape index (κ1) is 19.2. The van der Waals surface area contributed by atoms with Crippen molar-refractivity contribution in [2.45, 2.75) is 19.9 Å². The highest BCUT2D eigenvalue weighted by atomic mass is 32.1. The van der Waals surface area contributed by atoms with Crippen molar-refractivity contribution < 1.29 is 9.53 Å². The molecule has 0 radical (unpaired) electrons. The van der Waals surface area contributed by atoms with Crippen LogP contribution in [0.3, 0.4) is 0 Å². The normalized spacial score (nSPS) is 11.0. The van der Waals surface area contributed by atoms with Crippen molar-refractivity contribution in [3.8, 4) is 17.0 Å². The molecule has 2 aromatic heterocycles. The van der Waals surface area contributed by atoms with Crippen molar-refractivity contribution in [3.63, 3.8) is 0 Å². The first-order chi connectivity index (χ1) is 14.1. The number of imidazole rings is 1. The van der Waals surface area contributed by atoms with Crippen molar-refractivity contribution >= 4 is 22.2 Å². The summed E-state index contributed by atoms with van der Waals surface area (Å²) < 4.78 is 7.52. The van der Waals surface area contributed by atoms with Crippen molar-refractivity contribution in [1.82, 2.24) is 14.3 Å². The van der Waals surface area contributed by atoms with Crippen LogP contribution in [0.25, 0.3) is 16.2 Å². The van der Waals surface area contributed by atoms with Gasteiger partial charge < -0.3 is 9.64 Å². The lowest BCUT2D eigenvalue weighted by Gasteiger charge is -2.17. The highest BCUT2D eigenvalue weighted by molar-refractivity contribution is 7.15. The molecule has 29 heavy (non-hydrogen) atoms. The molecule has 0 atom stereocenters. The van der Waals surface area contributed by atoms with E-state index in [1.54, 1.807) is 16.2 Å². The molecule has 6 heteroatoms. The highest BCUT2D eigenvalue weighted by Gasteiger charge is 2.15. The Morgan fingerprint density at radius 2 is 1.90 bits per heavy atom. The molecule has 2 aromatic carbocycles. The summed E-state index contributed by atoms with van der Waals surface area (Å²) >= 11 is 1.55. The zero-order chi connectivity index (χ0) is 20.2. The van der Waals surface area contributed by atoms with Crippen LogP contribution in [-0.4, -0.2) is 33.8 Å². The summed E-state index contributed by atoms with van der Waals surface area (Å²) in [7, 11) is 1.85. The predicted octanol–water partition coefficient (Wildman–Crippen LogP) is 4.66. The molecular weight excluding hydrogens is 382 g/mol. The summed E-state index contributed by atoms with van der Waals surface area (Å²) in [6.07, 6.45) is 2.35. The van der Waals surface area contributed by atoms with Gasteiger partial charge in [0.05, 0.1) is 18.7 Å². The molecule has 0 aliphatic carbocycles. The van der Waals surface area contributed by atoms with Crippen LogP contribution >= 0.6 is 11.3 Å². The maximum absolute atomic E-state index is 12.7. The SMILES string of the molecule is CCOc1ccc(-c2cn3c(CC(=O)N(C)Cc4ccccc4)csc3n2)cc1. The number of carbonyl (C=O) groups excluding carboxylic acids is 1. The lowest BCUT2D eigenvalue weighted by Crippen LogP contribution is -2.28. The molecule has 2 heterocycles. The average molecular weight is 406 g/mol. The Hall–Kier alpha value is -3.12. The molecule has 0 fully saturated rings. The van der Waals surface area contributed by atoms with E-state index in [-0.39, 0.29) is 5.91 Å². The third-order valence-corrected chi connectivity index (χ3v) is 5.65. The first-order valence-corrected chi connectivity index (χ1v) is 10.5. The Morgan fingerprint density at radius 3 is 2.62 bits per heavy atom. The number of hydrogen-bond donors (Lipinski definition) is 0. The molecule has 0 saturated heterocycles. The number of amides is 1. The fraction of sp³-hybridized carbons (Fsp3) is 0.217. The van der Waals surface area contributed by atoms with E-state index in [0.717, 1.165) is 33.2 Å². The van der Waals surface area contributed by atoms with Crippen LogP contribution in [0.5, 0.6) is 5.75 Å². The summed E-state index contributed by atoms with van der Waals surface area (Å²) in [6, 6.07) is 18.0. The summed E-state index contributed by atoms with van der Waals surface area (Å²) in [4.78, 5) is 20.1. The maximum atomic E-state index is 12.7. The van der Waals surface area contributed by atoms with Crippen molar-refractivity contribution in [2.75, 3.05) is 13.7 Å². The highest BCUT2D eigenvalue weighted by Crippen LogP contribution is 2.26. The van der Waals surface area contributed by atoms with E-state index in [1.165, 1.54) is 0 Å². The molecule has 0 unspecified atom stereocenters. The van der Waals surface area contributed by atoms with E-state index in [1.807, 2.05) is 84.5 Å². The molecule has 5 nitrogen and oxygen atoms in total. The predicted molar refractivity (Wildman–Crippen MR) is 116 cm³/mol. The second-order valence-electron chi connectivity index (χ2n) is 6.88. The quantitative estimate of drug-likeness (QED) is 0.449. The van der Waals surface area contributed by atoms with Crippen LogP contribution in [0.15, 0.2) is 66.2 Å². The minimum absolute atomic E-state index is 0.0878. The van der Waals surface area contributed by atoms with Crippen LogP contribution in [0.4, 0.5) is 0 Å². The standard InChI is InChI=1S/C23H23N3O2S/c1-3-28-20-11-9-18(10-12-20)21-15-26-19(16-29-23(26)24-21)13-22(27)25(2)14-17-7-5-4-6-8-17/h4-12,15-16H,3,13-14H2,1-2H3. The van der Waals surface area contributed by atoms with Gasteiger partial charge in [-0.15, -0.1) is 11.3 Å². The van der Waals surface area contributed by atoms with Crippen LogP contribution in [-0.2, 0) is 17.8 Å². The van der Waals surface area contributed by atoms with Gasteiger partial charge in [-0.25, -0.2) is 4.98 Å². The molecule has 0 bridgehead atoms. The fourth-order valence-corrected chi connectivity index (χ4v) is 4.09. The number of hydrogen-bond acceptors (Lipinski definition) is 4. The van der Waals surface area contributed by atoms with Crippen LogP contribution in [0.2, 0.25) is 0 Å². The molecular formula is C23H23N3O2S. The number of benzene rings is 2. The van der Waals surface area contributed by atoms with E-state index >= 15 is 0 Å². The molecule has 148 valence electrons. The van der Waals surface area contributed by atoms with Crippen LogP contribution in [0.1, 0.15) is 18.2 Å². The lowest BCUT2D eigenvalue weighted by atomic mass is 10.1. The summed E-state index contributed by atoms with van der Waals surface area (Å²) in [5, 5.41) is 2.01. The number of nitrogens with zero attached hydrogens (tertiary/aromatic N) is 3. The number of ether oxygens (including phenoxy) is 1. The minimum Gasteiger partial charge on any atom is -0.494 e. The summed E-state index contributed by atoms with van der Waals surface area (Å²) in [5.41, 5.74) is 4.01. The fourth-order valence-electron chi connectivity index (χ4n) is 3.22. The van der Waals surface area contributed by atoms with Gasteiger partial charge in [-0.3, -0.25) is 9.20 Å². The van der Waals surface area contributed by atoms with E-state index in [9.17, 15) is 4.79 Å². The van der Waals surface area contributed by atoms with Crippen LogP contribution < -0.4 is 4.74 Å². The zero-order valence-corrected chi connectivity index (χ0v) is 17.4. The molecule has 4 rings (SSSR count). The number of likely N-dealkylation sites (N-methyl/N-ethyl adjacent to an activating group) is 1. The second-order valence-corrected chi connectivity index (χ2v) is 7.71.